The van der Waals surface area contributed by atoms with Gasteiger partial charge in [-0.15, -0.1) is 16.2 Å². The van der Waals surface area contributed by atoms with Crippen LogP contribution in [0.25, 0.3) is 0 Å². The van der Waals surface area contributed by atoms with E-state index in [1.54, 1.807) is 7.05 Å². The Balaban J connectivity index is 2.43. The number of hydrogen-bond acceptors (Lipinski definition) is 4. The molecule has 76 valence electrons. The van der Waals surface area contributed by atoms with Gasteiger partial charge in [-0.1, -0.05) is 11.6 Å². The lowest BCUT2D eigenvalue weighted by Crippen LogP contribution is -2.32. The molecule has 1 heterocycles. The van der Waals surface area contributed by atoms with Crippen LogP contribution < -0.4 is 10.7 Å². The van der Waals surface area contributed by atoms with Gasteiger partial charge in [0.25, 0.3) is 0 Å². The molecule has 0 aromatic carbocycles. The molecule has 0 radical (unpaired) electrons. The fourth-order valence-corrected chi connectivity index (χ4v) is 1.86. The third-order valence-electron chi connectivity index (χ3n) is 1.43. The molecule has 0 saturated heterocycles. The number of hydrogen-bond donors (Lipinski definition) is 2. The molecular formula is C7H9ClN4OS. The molecule has 14 heavy (non-hydrogen) atoms. The quantitative estimate of drug-likeness (QED) is 0.361. The summed E-state index contributed by atoms with van der Waals surface area (Å²) in [6, 6.07) is 3.72. The molecule has 0 aliphatic rings. The summed E-state index contributed by atoms with van der Waals surface area (Å²) in [5.41, 5.74) is 2.19. The van der Waals surface area contributed by atoms with E-state index in [1.807, 2.05) is 12.1 Å². The molecule has 7 heteroatoms. The predicted molar refractivity (Wildman–Crippen MR) is 58.5 cm³/mol. The van der Waals surface area contributed by atoms with Crippen molar-refractivity contribution in [2.75, 3.05) is 7.05 Å². The Morgan fingerprint density at radius 3 is 2.93 bits per heavy atom. The molecule has 5 nitrogen and oxygen atoms in total. The van der Waals surface area contributed by atoms with E-state index < -0.39 is 0 Å². The van der Waals surface area contributed by atoms with Crippen molar-refractivity contribution in [2.45, 2.75) is 6.54 Å². The lowest BCUT2D eigenvalue weighted by molar-refractivity contribution is 0.847. The van der Waals surface area contributed by atoms with E-state index in [-0.39, 0.29) is 0 Å². The topological polar surface area (TPSA) is 65.8 Å². The SMILES string of the molecule is CN=C(NCc1ccc(Cl)s1)NN=O. The van der Waals surface area contributed by atoms with Crippen molar-refractivity contribution < 1.29 is 0 Å². The molecule has 0 saturated carbocycles. The smallest absolute Gasteiger partial charge is 0.214 e. The van der Waals surface area contributed by atoms with Crippen LogP contribution in [0.1, 0.15) is 4.88 Å². The number of halogens is 1. The molecule has 0 bridgehead atoms. The van der Waals surface area contributed by atoms with Crippen molar-refractivity contribution in [3.05, 3.63) is 26.3 Å². The van der Waals surface area contributed by atoms with Crippen LogP contribution in [0.3, 0.4) is 0 Å². The highest BCUT2D eigenvalue weighted by molar-refractivity contribution is 7.16. The Hall–Kier alpha value is -1.14. The molecule has 0 atom stereocenters. The van der Waals surface area contributed by atoms with Crippen LogP contribution in [-0.4, -0.2) is 13.0 Å². The minimum atomic E-state index is 0.338. The number of thiophene rings is 1. The first-order valence-corrected chi connectivity index (χ1v) is 4.99. The Morgan fingerprint density at radius 2 is 2.43 bits per heavy atom. The van der Waals surface area contributed by atoms with Crippen molar-refractivity contribution in [3.63, 3.8) is 0 Å². The van der Waals surface area contributed by atoms with Crippen molar-refractivity contribution in [3.8, 4) is 0 Å². The molecule has 1 aromatic rings. The maximum atomic E-state index is 9.89. The van der Waals surface area contributed by atoms with Gasteiger partial charge in [0, 0.05) is 11.9 Å². The zero-order chi connectivity index (χ0) is 10.4. The Labute approximate surface area is 90.1 Å². The van der Waals surface area contributed by atoms with Crippen LogP contribution in [-0.2, 0) is 6.54 Å². The average molecular weight is 233 g/mol. The number of guanidine groups is 1. The van der Waals surface area contributed by atoms with Gasteiger partial charge in [0.1, 0.15) is 0 Å². The van der Waals surface area contributed by atoms with Crippen molar-refractivity contribution in [1.29, 1.82) is 0 Å². The molecule has 1 aromatic heterocycles. The number of nitrogens with zero attached hydrogens (tertiary/aromatic N) is 2. The Morgan fingerprint density at radius 1 is 1.64 bits per heavy atom. The van der Waals surface area contributed by atoms with Crippen LogP contribution in [0.4, 0.5) is 0 Å². The molecule has 0 aliphatic heterocycles. The molecular weight excluding hydrogens is 224 g/mol. The first-order valence-electron chi connectivity index (χ1n) is 3.79. The molecule has 2 N–H and O–H groups in total. The van der Waals surface area contributed by atoms with Gasteiger partial charge < -0.3 is 5.32 Å². The minimum Gasteiger partial charge on any atom is -0.350 e. The summed E-state index contributed by atoms with van der Waals surface area (Å²) in [6.45, 7) is 0.562. The summed E-state index contributed by atoms with van der Waals surface area (Å²) >= 11 is 7.22. The number of rotatable bonds is 3. The van der Waals surface area contributed by atoms with Gasteiger partial charge in [-0.25, -0.2) is 5.43 Å². The maximum Gasteiger partial charge on any atom is 0.214 e. The second-order valence-corrected chi connectivity index (χ2v) is 4.13. The zero-order valence-electron chi connectivity index (χ0n) is 7.45. The van der Waals surface area contributed by atoms with Gasteiger partial charge in [-0.2, -0.15) is 0 Å². The van der Waals surface area contributed by atoms with Gasteiger partial charge in [-0.05, 0) is 12.1 Å². The molecule has 0 spiro atoms. The van der Waals surface area contributed by atoms with E-state index in [4.69, 9.17) is 11.6 Å². The normalized spacial score (nSPS) is 11.1. The van der Waals surface area contributed by atoms with Crippen molar-refractivity contribution in [2.24, 2.45) is 10.3 Å². The van der Waals surface area contributed by atoms with Gasteiger partial charge in [0.15, 0.2) is 0 Å². The average Bonchev–Trinajstić information content (AvgIpc) is 2.59. The van der Waals surface area contributed by atoms with E-state index >= 15 is 0 Å². The third kappa shape index (κ3) is 3.31. The first kappa shape index (κ1) is 10.9. The summed E-state index contributed by atoms with van der Waals surface area (Å²) in [6.07, 6.45) is 0. The summed E-state index contributed by atoms with van der Waals surface area (Å²) < 4.78 is 0.734. The highest BCUT2D eigenvalue weighted by Gasteiger charge is 1.99. The highest BCUT2D eigenvalue weighted by Crippen LogP contribution is 2.20. The molecule has 0 aliphatic carbocycles. The number of nitrogens with one attached hydrogen (secondary N) is 2. The van der Waals surface area contributed by atoms with Crippen LogP contribution >= 0.6 is 22.9 Å². The fourth-order valence-electron chi connectivity index (χ4n) is 0.829. The number of aliphatic imine (C=N–C) groups is 1. The number of nitroso groups, excluding NO2 is 1. The first-order chi connectivity index (χ1) is 6.76. The summed E-state index contributed by atoms with van der Waals surface area (Å²) in [7, 11) is 1.56. The van der Waals surface area contributed by atoms with E-state index in [0.717, 1.165) is 9.21 Å². The predicted octanol–water partition coefficient (Wildman–Crippen LogP) is 1.75. The van der Waals surface area contributed by atoms with E-state index in [2.05, 4.69) is 21.0 Å². The standard InChI is InChI=1S/C7H9ClN4OS/c1-9-7(11-12-13)10-4-5-2-3-6(8)14-5/h2-3H,4H2,1H3,(H2,9,10,11,13). The van der Waals surface area contributed by atoms with E-state index in [0.29, 0.717) is 12.5 Å². The third-order valence-corrected chi connectivity index (χ3v) is 2.67. The van der Waals surface area contributed by atoms with E-state index in [9.17, 15) is 4.91 Å². The van der Waals surface area contributed by atoms with Crippen LogP contribution in [0.15, 0.2) is 22.4 Å². The maximum absolute atomic E-state index is 9.89. The molecule has 0 amide bonds. The van der Waals surface area contributed by atoms with Gasteiger partial charge >= 0.3 is 0 Å². The van der Waals surface area contributed by atoms with Crippen molar-refractivity contribution in [1.82, 2.24) is 10.7 Å². The zero-order valence-corrected chi connectivity index (χ0v) is 9.02. The van der Waals surface area contributed by atoms with Gasteiger partial charge in [0.2, 0.25) is 5.96 Å². The lowest BCUT2D eigenvalue weighted by Gasteiger charge is -2.04. The minimum absolute atomic E-state index is 0.338. The van der Waals surface area contributed by atoms with Crippen LogP contribution in [0.2, 0.25) is 4.34 Å². The summed E-state index contributed by atoms with van der Waals surface area (Å²) in [4.78, 5) is 14.7. The Kier molecular flexibility index (Phi) is 4.34. The fraction of sp³-hybridized carbons (Fsp3) is 0.286. The largest absolute Gasteiger partial charge is 0.350 e. The second-order valence-electron chi connectivity index (χ2n) is 2.33. The summed E-state index contributed by atoms with van der Waals surface area (Å²) in [5.74, 6) is 0.338. The van der Waals surface area contributed by atoms with E-state index in [1.165, 1.54) is 11.3 Å². The molecule has 0 unspecified atom stereocenters. The van der Waals surface area contributed by atoms with Crippen LogP contribution in [0, 0.1) is 4.91 Å². The monoisotopic (exact) mass is 232 g/mol. The summed E-state index contributed by atoms with van der Waals surface area (Å²) in [5, 5.41) is 5.41. The van der Waals surface area contributed by atoms with Crippen molar-refractivity contribution >= 4 is 28.9 Å². The van der Waals surface area contributed by atoms with Crippen LogP contribution in [0.5, 0.6) is 0 Å². The highest BCUT2D eigenvalue weighted by atomic mass is 35.5. The Bertz CT molecular complexity index is 338. The molecule has 0 fully saturated rings. The molecule has 1 rings (SSSR count). The van der Waals surface area contributed by atoms with Gasteiger partial charge in [-0.3, -0.25) is 4.99 Å². The lowest BCUT2D eigenvalue weighted by atomic mass is 10.5. The second kappa shape index (κ2) is 5.56. The van der Waals surface area contributed by atoms with Gasteiger partial charge in [0.05, 0.1) is 16.2 Å².